The molecule has 1 heterocycles. The van der Waals surface area contributed by atoms with Crippen LogP contribution in [-0.4, -0.2) is 24.6 Å². The van der Waals surface area contributed by atoms with Crippen molar-refractivity contribution in [3.8, 4) is 6.01 Å². The molecular weight excluding hydrogens is 250 g/mol. The van der Waals surface area contributed by atoms with Crippen molar-refractivity contribution in [2.75, 3.05) is 0 Å². The number of phosphoric acid groups is 2. The van der Waals surface area contributed by atoms with Gasteiger partial charge in [-0.3, -0.25) is 4.89 Å². The van der Waals surface area contributed by atoms with E-state index in [1.165, 1.54) is 18.5 Å². The van der Waals surface area contributed by atoms with E-state index in [1.807, 2.05) is 0 Å². The molecule has 0 aliphatic carbocycles. The van der Waals surface area contributed by atoms with Gasteiger partial charge in [0.05, 0.1) is 0 Å². The molecule has 1 atom stereocenters. The molecule has 1 aromatic rings. The van der Waals surface area contributed by atoms with E-state index in [9.17, 15) is 9.13 Å². The van der Waals surface area contributed by atoms with Gasteiger partial charge in [-0.2, -0.15) is 4.31 Å². The smallest absolute Gasteiger partial charge is 0.368 e. The minimum absolute atomic E-state index is 0.531. The molecule has 1 aromatic heterocycles. The van der Waals surface area contributed by atoms with Crippen molar-refractivity contribution in [2.24, 2.45) is 0 Å². The van der Waals surface area contributed by atoms with Gasteiger partial charge in [-0.15, -0.1) is 0 Å². The summed E-state index contributed by atoms with van der Waals surface area (Å²) in [5, 5.41) is 0. The van der Waals surface area contributed by atoms with Gasteiger partial charge in [-0.25, -0.2) is 19.1 Å². The van der Waals surface area contributed by atoms with Gasteiger partial charge >= 0.3 is 21.7 Å². The highest BCUT2D eigenvalue weighted by Gasteiger charge is 2.34. The molecule has 1 rings (SSSR count). The Balaban J connectivity index is 2.74. The fourth-order valence-electron chi connectivity index (χ4n) is 0.587. The first-order valence-electron chi connectivity index (χ1n) is 3.35. The average Bonchev–Trinajstić information content (AvgIpc) is 1.99. The summed E-state index contributed by atoms with van der Waals surface area (Å²) in [5.74, 6) is 0. The topological polar surface area (TPSA) is 139 Å². The molecule has 11 heteroatoms. The van der Waals surface area contributed by atoms with Gasteiger partial charge in [-0.05, 0) is 6.07 Å². The van der Waals surface area contributed by atoms with Crippen molar-refractivity contribution >= 4 is 15.6 Å². The van der Waals surface area contributed by atoms with Crippen molar-refractivity contribution in [3.05, 3.63) is 18.5 Å². The summed E-state index contributed by atoms with van der Waals surface area (Å²) in [5.41, 5.74) is 0. The highest BCUT2D eigenvalue weighted by Crippen LogP contribution is 2.56. The van der Waals surface area contributed by atoms with Gasteiger partial charge in [0.15, 0.2) is 0 Å². The van der Waals surface area contributed by atoms with Crippen LogP contribution in [0.2, 0.25) is 0 Å². The van der Waals surface area contributed by atoms with Crippen LogP contribution in [0.1, 0.15) is 0 Å². The van der Waals surface area contributed by atoms with E-state index >= 15 is 0 Å². The van der Waals surface area contributed by atoms with Crippen molar-refractivity contribution in [2.45, 2.75) is 0 Å². The third kappa shape index (κ3) is 4.98. The standard InChI is InChI=1S/C4H6N2O7P2/c7-14(8,9)13-15(10,11)12-4-5-2-1-3-6-4/h1-3H,(H,10,11)(H2,7,8,9). The Labute approximate surface area is 83.6 Å². The van der Waals surface area contributed by atoms with Gasteiger partial charge in [0.25, 0.3) is 0 Å². The lowest BCUT2D eigenvalue weighted by atomic mass is 10.7. The molecule has 0 fully saturated rings. The van der Waals surface area contributed by atoms with Crippen LogP contribution in [0.5, 0.6) is 6.01 Å². The number of hydrogen-bond donors (Lipinski definition) is 3. The third-order valence-corrected chi connectivity index (χ3v) is 3.02. The molecule has 0 spiro atoms. The third-order valence-electron chi connectivity index (χ3n) is 0.949. The normalized spacial score (nSPS) is 15.7. The SMILES string of the molecule is O=P(O)(O)OP(=O)(O)Oc1ncccn1. The summed E-state index contributed by atoms with van der Waals surface area (Å²) in [7, 11) is -10.0. The maximum absolute atomic E-state index is 10.9. The second kappa shape index (κ2) is 4.36. The van der Waals surface area contributed by atoms with Gasteiger partial charge < -0.3 is 14.3 Å². The van der Waals surface area contributed by atoms with Gasteiger partial charge in [0.1, 0.15) is 0 Å². The fraction of sp³-hybridized carbons (Fsp3) is 0. The Bertz CT molecular complexity index is 416. The largest absolute Gasteiger partial charge is 0.538 e. The molecule has 9 nitrogen and oxygen atoms in total. The van der Waals surface area contributed by atoms with E-state index in [0.717, 1.165) is 0 Å². The summed E-state index contributed by atoms with van der Waals surface area (Å²) in [6.45, 7) is 0. The fourth-order valence-corrected chi connectivity index (χ4v) is 2.10. The molecule has 0 aliphatic heterocycles. The van der Waals surface area contributed by atoms with E-state index < -0.39 is 21.7 Å². The molecular formula is C4H6N2O7P2. The first kappa shape index (κ1) is 12.3. The summed E-state index contributed by atoms with van der Waals surface area (Å²) >= 11 is 0. The zero-order chi connectivity index (χ0) is 11.5. The van der Waals surface area contributed by atoms with Crippen molar-refractivity contribution < 1.29 is 32.6 Å². The van der Waals surface area contributed by atoms with E-state index in [4.69, 9.17) is 14.7 Å². The van der Waals surface area contributed by atoms with Crippen molar-refractivity contribution in [3.63, 3.8) is 0 Å². The molecule has 0 radical (unpaired) electrons. The Kier molecular flexibility index (Phi) is 3.56. The van der Waals surface area contributed by atoms with Crippen LogP contribution in [-0.2, 0) is 13.4 Å². The average molecular weight is 256 g/mol. The number of rotatable bonds is 4. The van der Waals surface area contributed by atoms with E-state index in [0.29, 0.717) is 0 Å². The van der Waals surface area contributed by atoms with Gasteiger partial charge in [0, 0.05) is 12.4 Å². The molecule has 0 aliphatic rings. The minimum atomic E-state index is -5.12. The van der Waals surface area contributed by atoms with E-state index in [1.54, 1.807) is 0 Å². The quantitative estimate of drug-likeness (QED) is 0.638. The van der Waals surface area contributed by atoms with Crippen LogP contribution >= 0.6 is 15.6 Å². The predicted molar refractivity (Wildman–Crippen MR) is 45.6 cm³/mol. The number of aromatic nitrogens is 2. The Morgan fingerprint density at radius 1 is 1.13 bits per heavy atom. The Hall–Kier alpha value is -0.820. The van der Waals surface area contributed by atoms with Crippen molar-refractivity contribution in [1.29, 1.82) is 0 Å². The van der Waals surface area contributed by atoms with E-state index in [2.05, 4.69) is 18.8 Å². The van der Waals surface area contributed by atoms with Gasteiger partial charge in [-0.1, -0.05) is 0 Å². The summed E-state index contributed by atoms with van der Waals surface area (Å²) in [6.07, 6.45) is 2.42. The van der Waals surface area contributed by atoms with Crippen LogP contribution in [0.25, 0.3) is 0 Å². The highest BCUT2D eigenvalue weighted by atomic mass is 31.3. The predicted octanol–water partition coefficient (Wildman–Crippen LogP) is 0.0651. The molecule has 0 amide bonds. The maximum atomic E-state index is 10.9. The Morgan fingerprint density at radius 2 is 1.67 bits per heavy atom. The molecule has 0 aromatic carbocycles. The van der Waals surface area contributed by atoms with E-state index in [-0.39, 0.29) is 0 Å². The monoisotopic (exact) mass is 256 g/mol. The number of nitrogens with zero attached hydrogens (tertiary/aromatic N) is 2. The zero-order valence-electron chi connectivity index (χ0n) is 7.00. The van der Waals surface area contributed by atoms with Crippen LogP contribution < -0.4 is 4.52 Å². The molecule has 3 N–H and O–H groups in total. The second-order valence-corrected chi connectivity index (χ2v) is 4.92. The van der Waals surface area contributed by atoms with Crippen LogP contribution in [0.3, 0.4) is 0 Å². The highest BCUT2D eigenvalue weighted by molar-refractivity contribution is 7.60. The first-order valence-corrected chi connectivity index (χ1v) is 6.37. The zero-order valence-corrected chi connectivity index (χ0v) is 8.78. The first-order chi connectivity index (χ1) is 6.79. The van der Waals surface area contributed by atoms with Gasteiger partial charge in [0.2, 0.25) is 0 Å². The summed E-state index contributed by atoms with van der Waals surface area (Å²) in [4.78, 5) is 32.2. The summed E-state index contributed by atoms with van der Waals surface area (Å²) < 4.78 is 28.9. The number of phosphoric ester groups is 1. The maximum Gasteiger partial charge on any atom is 0.538 e. The lowest BCUT2D eigenvalue weighted by Crippen LogP contribution is -1.98. The molecule has 15 heavy (non-hydrogen) atoms. The van der Waals surface area contributed by atoms with Crippen LogP contribution in [0.4, 0.5) is 0 Å². The molecule has 84 valence electrons. The minimum Gasteiger partial charge on any atom is -0.368 e. The molecule has 0 bridgehead atoms. The molecule has 0 saturated carbocycles. The second-order valence-electron chi connectivity index (χ2n) is 2.16. The van der Waals surface area contributed by atoms with Crippen LogP contribution in [0, 0.1) is 0 Å². The summed E-state index contributed by atoms with van der Waals surface area (Å²) in [6, 6.07) is 0.885. The lowest BCUT2D eigenvalue weighted by Gasteiger charge is -2.10. The lowest BCUT2D eigenvalue weighted by molar-refractivity contribution is 0.226. The number of hydrogen-bond acceptors (Lipinski definition) is 6. The molecule has 0 saturated heterocycles. The Morgan fingerprint density at radius 3 is 2.13 bits per heavy atom. The van der Waals surface area contributed by atoms with Crippen molar-refractivity contribution in [1.82, 2.24) is 9.97 Å². The van der Waals surface area contributed by atoms with Crippen LogP contribution in [0.15, 0.2) is 18.5 Å². The molecule has 1 unspecified atom stereocenters.